The molecule has 1 aliphatic rings. The number of guanidine groups is 1. The van der Waals surface area contributed by atoms with Gasteiger partial charge in [-0.15, -0.1) is 11.3 Å². The minimum Gasteiger partial charge on any atom is -0.379 e. The van der Waals surface area contributed by atoms with Gasteiger partial charge in [-0.2, -0.15) is 0 Å². The average molecular weight is 422 g/mol. The fourth-order valence-corrected chi connectivity index (χ4v) is 4.30. The summed E-state index contributed by atoms with van der Waals surface area (Å²) >= 11 is 8.24. The van der Waals surface area contributed by atoms with Crippen LogP contribution in [0.1, 0.15) is 28.4 Å². The number of hydrogen-bond acceptors (Lipinski definition) is 5. The lowest BCUT2D eigenvalue weighted by Gasteiger charge is -2.35. The fraction of sp³-hybridized carbons (Fsp3) is 0.500. The second-order valence-electron chi connectivity index (χ2n) is 6.57. The van der Waals surface area contributed by atoms with Gasteiger partial charge >= 0.3 is 0 Å². The number of thiazole rings is 1. The van der Waals surface area contributed by atoms with E-state index in [1.54, 1.807) is 18.4 Å². The molecule has 1 aromatic carbocycles. The quantitative estimate of drug-likeness (QED) is 0.531. The molecule has 1 fully saturated rings. The lowest BCUT2D eigenvalue weighted by Crippen LogP contribution is -2.46. The van der Waals surface area contributed by atoms with E-state index < -0.39 is 0 Å². The first kappa shape index (κ1) is 21.0. The number of morpholine rings is 1. The summed E-state index contributed by atoms with van der Waals surface area (Å²) in [4.78, 5) is 12.5. The van der Waals surface area contributed by atoms with Crippen molar-refractivity contribution in [1.82, 2.24) is 20.5 Å². The molecule has 0 bridgehead atoms. The van der Waals surface area contributed by atoms with Crippen molar-refractivity contribution < 1.29 is 4.74 Å². The summed E-state index contributed by atoms with van der Waals surface area (Å²) in [5.74, 6) is 0.763. The van der Waals surface area contributed by atoms with Gasteiger partial charge in [-0.05, 0) is 18.1 Å². The van der Waals surface area contributed by atoms with E-state index >= 15 is 0 Å². The van der Waals surface area contributed by atoms with Crippen molar-refractivity contribution >= 4 is 28.9 Å². The molecule has 0 radical (unpaired) electrons. The number of aromatic nitrogens is 1. The first-order chi connectivity index (χ1) is 13.7. The zero-order valence-corrected chi connectivity index (χ0v) is 18.0. The van der Waals surface area contributed by atoms with Crippen molar-refractivity contribution in [3.8, 4) is 0 Å². The Balaban J connectivity index is 1.63. The molecular formula is C20H28ClN5OS. The van der Waals surface area contributed by atoms with Crippen molar-refractivity contribution in [2.45, 2.75) is 25.9 Å². The topological polar surface area (TPSA) is 61.8 Å². The Labute approximate surface area is 176 Å². The standard InChI is InChI=1S/C20H28ClN5OS/c1-3-15-12-23-19(28-15)14-25-20(22-2)24-13-18(26-8-10-27-11-9-26)16-6-4-5-7-17(16)21/h4-7,12,18H,3,8-11,13-14H2,1-2H3,(H2,22,24,25). The number of halogens is 1. The lowest BCUT2D eigenvalue weighted by atomic mass is 10.0. The van der Waals surface area contributed by atoms with Gasteiger partial charge in [0.05, 0.1) is 25.8 Å². The molecule has 152 valence electrons. The molecule has 0 spiro atoms. The number of aliphatic imine (C=N–C) groups is 1. The zero-order chi connectivity index (χ0) is 19.8. The molecule has 1 saturated heterocycles. The predicted octanol–water partition coefficient (Wildman–Crippen LogP) is 3.10. The van der Waals surface area contributed by atoms with Crippen LogP contribution in [0.25, 0.3) is 0 Å². The Morgan fingerprint density at radius 3 is 2.79 bits per heavy atom. The third-order valence-electron chi connectivity index (χ3n) is 4.79. The predicted molar refractivity (Wildman–Crippen MR) is 116 cm³/mol. The maximum atomic E-state index is 6.51. The number of rotatable bonds is 7. The van der Waals surface area contributed by atoms with Gasteiger partial charge in [0.1, 0.15) is 5.01 Å². The van der Waals surface area contributed by atoms with Gasteiger partial charge < -0.3 is 15.4 Å². The van der Waals surface area contributed by atoms with Crippen LogP contribution in [0, 0.1) is 0 Å². The van der Waals surface area contributed by atoms with E-state index in [-0.39, 0.29) is 6.04 Å². The molecule has 1 unspecified atom stereocenters. The molecule has 2 aromatic rings. The molecule has 1 atom stereocenters. The Morgan fingerprint density at radius 2 is 2.11 bits per heavy atom. The SMILES string of the molecule is CCc1cnc(CNC(=NC)NCC(c2ccccc2Cl)N2CCOCC2)s1. The van der Waals surface area contributed by atoms with Crippen LogP contribution in [0.3, 0.4) is 0 Å². The Hall–Kier alpha value is -1.67. The molecule has 0 aliphatic carbocycles. The van der Waals surface area contributed by atoms with Gasteiger partial charge in [-0.1, -0.05) is 36.7 Å². The minimum atomic E-state index is 0.155. The number of nitrogens with zero attached hydrogens (tertiary/aromatic N) is 3. The minimum absolute atomic E-state index is 0.155. The lowest BCUT2D eigenvalue weighted by molar-refractivity contribution is 0.0170. The Bertz CT molecular complexity index is 775. The summed E-state index contributed by atoms with van der Waals surface area (Å²) in [5.41, 5.74) is 1.13. The van der Waals surface area contributed by atoms with Crippen LogP contribution in [0.4, 0.5) is 0 Å². The number of benzene rings is 1. The third kappa shape index (κ3) is 5.67. The summed E-state index contributed by atoms with van der Waals surface area (Å²) < 4.78 is 5.52. The smallest absolute Gasteiger partial charge is 0.191 e. The molecule has 1 aliphatic heterocycles. The van der Waals surface area contributed by atoms with E-state index in [1.165, 1.54) is 4.88 Å². The van der Waals surface area contributed by atoms with E-state index in [0.717, 1.165) is 54.3 Å². The summed E-state index contributed by atoms with van der Waals surface area (Å²) in [6, 6.07) is 8.21. The van der Waals surface area contributed by atoms with Gasteiger partial charge in [0.15, 0.2) is 5.96 Å². The summed E-state index contributed by atoms with van der Waals surface area (Å²) in [6.45, 7) is 6.80. The van der Waals surface area contributed by atoms with E-state index in [4.69, 9.17) is 16.3 Å². The van der Waals surface area contributed by atoms with Gasteiger partial charge in [0.2, 0.25) is 0 Å². The summed E-state index contributed by atoms with van der Waals surface area (Å²) in [7, 11) is 1.79. The molecule has 8 heteroatoms. The molecule has 2 N–H and O–H groups in total. The fourth-order valence-electron chi connectivity index (χ4n) is 3.24. The van der Waals surface area contributed by atoms with Crippen LogP contribution in [0.5, 0.6) is 0 Å². The molecule has 0 saturated carbocycles. The number of aryl methyl sites for hydroxylation is 1. The van der Waals surface area contributed by atoms with E-state index in [1.807, 2.05) is 24.4 Å². The summed E-state index contributed by atoms with van der Waals surface area (Å²) in [5, 5.41) is 8.67. The Kier molecular flexibility index (Phi) is 8.09. The van der Waals surface area contributed by atoms with Crippen molar-refractivity contribution in [2.24, 2.45) is 4.99 Å². The zero-order valence-electron chi connectivity index (χ0n) is 16.4. The van der Waals surface area contributed by atoms with Crippen LogP contribution in [0.15, 0.2) is 35.5 Å². The molecule has 3 rings (SSSR count). The van der Waals surface area contributed by atoms with Crippen LogP contribution in [-0.2, 0) is 17.7 Å². The van der Waals surface area contributed by atoms with Crippen LogP contribution < -0.4 is 10.6 Å². The molecule has 1 aromatic heterocycles. The average Bonchev–Trinajstić information content (AvgIpc) is 3.20. The highest BCUT2D eigenvalue weighted by molar-refractivity contribution is 7.11. The molecule has 0 amide bonds. The van der Waals surface area contributed by atoms with Crippen molar-refractivity contribution in [1.29, 1.82) is 0 Å². The molecular weight excluding hydrogens is 394 g/mol. The van der Waals surface area contributed by atoms with Crippen molar-refractivity contribution in [3.63, 3.8) is 0 Å². The van der Waals surface area contributed by atoms with E-state index in [9.17, 15) is 0 Å². The van der Waals surface area contributed by atoms with Gasteiger partial charge in [-0.3, -0.25) is 9.89 Å². The number of nitrogens with one attached hydrogen (secondary N) is 2. The number of hydrogen-bond donors (Lipinski definition) is 2. The van der Waals surface area contributed by atoms with Gasteiger partial charge in [0, 0.05) is 42.8 Å². The van der Waals surface area contributed by atoms with Crippen LogP contribution in [-0.4, -0.2) is 55.7 Å². The normalized spacial score (nSPS) is 16.8. The van der Waals surface area contributed by atoms with Crippen molar-refractivity contribution in [2.75, 3.05) is 39.9 Å². The van der Waals surface area contributed by atoms with Crippen LogP contribution >= 0.6 is 22.9 Å². The maximum Gasteiger partial charge on any atom is 0.191 e. The van der Waals surface area contributed by atoms with Gasteiger partial charge in [0.25, 0.3) is 0 Å². The largest absolute Gasteiger partial charge is 0.379 e. The van der Waals surface area contributed by atoms with E-state index in [0.29, 0.717) is 13.1 Å². The van der Waals surface area contributed by atoms with Crippen molar-refractivity contribution in [3.05, 3.63) is 50.9 Å². The first-order valence-electron chi connectivity index (χ1n) is 9.65. The monoisotopic (exact) mass is 421 g/mol. The highest BCUT2D eigenvalue weighted by Gasteiger charge is 2.24. The highest BCUT2D eigenvalue weighted by Crippen LogP contribution is 2.27. The maximum absolute atomic E-state index is 6.51. The van der Waals surface area contributed by atoms with Crippen LogP contribution in [0.2, 0.25) is 5.02 Å². The highest BCUT2D eigenvalue weighted by atomic mass is 35.5. The van der Waals surface area contributed by atoms with E-state index in [2.05, 4.69) is 38.5 Å². The molecule has 28 heavy (non-hydrogen) atoms. The first-order valence-corrected chi connectivity index (χ1v) is 10.8. The summed E-state index contributed by atoms with van der Waals surface area (Å²) in [6.07, 6.45) is 2.97. The second kappa shape index (κ2) is 10.8. The third-order valence-corrected chi connectivity index (χ3v) is 6.28. The Morgan fingerprint density at radius 1 is 1.32 bits per heavy atom. The second-order valence-corrected chi connectivity index (χ2v) is 8.17. The molecule has 2 heterocycles. The molecule has 6 nitrogen and oxygen atoms in total. The van der Waals surface area contributed by atoms with Gasteiger partial charge in [-0.25, -0.2) is 4.98 Å². The number of ether oxygens (including phenoxy) is 1.